The fourth-order valence-corrected chi connectivity index (χ4v) is 2.31. The maximum Gasteiger partial charge on any atom is 0.0946 e. The molecule has 4 nitrogen and oxygen atoms in total. The first-order chi connectivity index (χ1) is 7.81. The molecule has 4 heteroatoms. The predicted octanol–water partition coefficient (Wildman–Crippen LogP) is 1.92. The lowest BCUT2D eigenvalue weighted by Gasteiger charge is -2.30. The highest BCUT2D eigenvalue weighted by Crippen LogP contribution is 2.19. The van der Waals surface area contributed by atoms with Crippen LogP contribution in [0.2, 0.25) is 0 Å². The number of nitrogens with zero attached hydrogens (tertiary/aromatic N) is 4. The number of hydrogen-bond donors (Lipinski definition) is 0. The van der Waals surface area contributed by atoms with Crippen molar-refractivity contribution in [2.24, 2.45) is 5.92 Å². The molecular formula is C12H22N4. The summed E-state index contributed by atoms with van der Waals surface area (Å²) in [5, 5.41) is 8.26. The summed E-state index contributed by atoms with van der Waals surface area (Å²) in [6, 6.07) is 0. The highest BCUT2D eigenvalue weighted by atomic mass is 15.5. The van der Waals surface area contributed by atoms with Gasteiger partial charge in [0.05, 0.1) is 12.4 Å². The molecule has 0 aromatic carbocycles. The molecule has 2 rings (SSSR count). The molecule has 0 aliphatic carbocycles. The fourth-order valence-electron chi connectivity index (χ4n) is 2.31. The quantitative estimate of drug-likeness (QED) is 0.780. The number of hydrogen-bond acceptors (Lipinski definition) is 3. The van der Waals surface area contributed by atoms with Crippen LogP contribution in [0.4, 0.5) is 0 Å². The molecule has 0 bridgehead atoms. The van der Waals surface area contributed by atoms with Crippen molar-refractivity contribution < 1.29 is 0 Å². The molecule has 1 aromatic heterocycles. The Morgan fingerprint density at radius 2 is 2.06 bits per heavy atom. The van der Waals surface area contributed by atoms with Gasteiger partial charge in [0.2, 0.25) is 0 Å². The topological polar surface area (TPSA) is 34.0 Å². The van der Waals surface area contributed by atoms with Gasteiger partial charge in [-0.25, -0.2) is 4.68 Å². The Morgan fingerprint density at radius 1 is 1.31 bits per heavy atom. The van der Waals surface area contributed by atoms with E-state index in [9.17, 15) is 0 Å². The molecule has 0 amide bonds. The first-order valence-electron chi connectivity index (χ1n) is 6.43. The lowest BCUT2D eigenvalue weighted by atomic mass is 9.95. The highest BCUT2D eigenvalue weighted by molar-refractivity contribution is 4.90. The predicted molar refractivity (Wildman–Crippen MR) is 64.0 cm³/mol. The molecule has 1 saturated heterocycles. The van der Waals surface area contributed by atoms with Crippen molar-refractivity contribution in [2.45, 2.75) is 46.2 Å². The van der Waals surface area contributed by atoms with Crippen LogP contribution in [0.1, 0.15) is 38.8 Å². The van der Waals surface area contributed by atoms with Crippen LogP contribution in [-0.4, -0.2) is 33.0 Å². The van der Waals surface area contributed by atoms with E-state index >= 15 is 0 Å². The summed E-state index contributed by atoms with van der Waals surface area (Å²) < 4.78 is 1.96. The molecule has 1 aliphatic heterocycles. The molecule has 1 fully saturated rings. The Bertz CT molecular complexity index is 313. The van der Waals surface area contributed by atoms with Crippen LogP contribution in [0.25, 0.3) is 0 Å². The summed E-state index contributed by atoms with van der Waals surface area (Å²) in [5.74, 6) is 0.943. The van der Waals surface area contributed by atoms with E-state index < -0.39 is 0 Å². The minimum atomic E-state index is 0.906. The van der Waals surface area contributed by atoms with Gasteiger partial charge in [-0.1, -0.05) is 25.5 Å². The standard InChI is InChI=1S/C12H22N4/c1-3-11-5-7-15(8-6-11)10-16-9-12(4-2)13-14-16/h9,11H,3-8,10H2,1-2H3. The zero-order valence-electron chi connectivity index (χ0n) is 10.4. The van der Waals surface area contributed by atoms with E-state index in [-0.39, 0.29) is 0 Å². The van der Waals surface area contributed by atoms with E-state index in [1.54, 1.807) is 0 Å². The van der Waals surface area contributed by atoms with E-state index in [2.05, 4.69) is 35.3 Å². The van der Waals surface area contributed by atoms with E-state index in [0.29, 0.717) is 0 Å². The van der Waals surface area contributed by atoms with Gasteiger partial charge in [-0.15, -0.1) is 5.10 Å². The molecule has 1 aromatic rings. The zero-order chi connectivity index (χ0) is 11.4. The minimum absolute atomic E-state index is 0.906. The van der Waals surface area contributed by atoms with E-state index in [1.165, 1.54) is 32.4 Å². The van der Waals surface area contributed by atoms with Gasteiger partial charge in [0, 0.05) is 19.3 Å². The normalized spacial score (nSPS) is 19.1. The van der Waals surface area contributed by atoms with Gasteiger partial charge in [0.15, 0.2) is 0 Å². The third-order valence-electron chi connectivity index (χ3n) is 3.58. The number of rotatable bonds is 4. The van der Waals surface area contributed by atoms with Crippen molar-refractivity contribution >= 4 is 0 Å². The molecule has 90 valence electrons. The van der Waals surface area contributed by atoms with Crippen molar-refractivity contribution in [2.75, 3.05) is 13.1 Å². The summed E-state index contributed by atoms with van der Waals surface area (Å²) in [7, 11) is 0. The molecule has 0 N–H and O–H groups in total. The van der Waals surface area contributed by atoms with Gasteiger partial charge in [-0.05, 0) is 25.2 Å². The molecule has 1 aliphatic rings. The second-order valence-electron chi connectivity index (χ2n) is 4.71. The number of piperidine rings is 1. The van der Waals surface area contributed by atoms with Crippen LogP contribution in [-0.2, 0) is 13.1 Å². The molecule has 0 saturated carbocycles. The largest absolute Gasteiger partial charge is 0.284 e. The molecule has 0 unspecified atom stereocenters. The summed E-state index contributed by atoms with van der Waals surface area (Å²) in [5.41, 5.74) is 1.09. The van der Waals surface area contributed by atoms with Crippen molar-refractivity contribution in [1.29, 1.82) is 0 Å². The van der Waals surface area contributed by atoms with Crippen LogP contribution in [0.3, 0.4) is 0 Å². The molecule has 0 spiro atoms. The van der Waals surface area contributed by atoms with Gasteiger partial charge in [0.25, 0.3) is 0 Å². The summed E-state index contributed by atoms with van der Waals surface area (Å²) in [4.78, 5) is 2.47. The monoisotopic (exact) mass is 222 g/mol. The van der Waals surface area contributed by atoms with Crippen molar-refractivity contribution in [3.8, 4) is 0 Å². The summed E-state index contributed by atoms with van der Waals surface area (Å²) in [6.07, 6.45) is 7.04. The third kappa shape index (κ3) is 2.82. The Labute approximate surface area is 97.6 Å². The first kappa shape index (κ1) is 11.6. The van der Waals surface area contributed by atoms with Crippen LogP contribution >= 0.6 is 0 Å². The smallest absolute Gasteiger partial charge is 0.0946 e. The maximum atomic E-state index is 4.15. The van der Waals surface area contributed by atoms with Crippen LogP contribution in [0.15, 0.2) is 6.20 Å². The molecular weight excluding hydrogens is 200 g/mol. The SMILES string of the molecule is CCc1cn(CN2CCC(CC)CC2)nn1. The minimum Gasteiger partial charge on any atom is -0.284 e. The highest BCUT2D eigenvalue weighted by Gasteiger charge is 2.17. The lowest BCUT2D eigenvalue weighted by molar-refractivity contribution is 0.138. The van der Waals surface area contributed by atoms with Crippen molar-refractivity contribution in [3.63, 3.8) is 0 Å². The van der Waals surface area contributed by atoms with Crippen LogP contribution < -0.4 is 0 Å². The van der Waals surface area contributed by atoms with E-state index in [4.69, 9.17) is 0 Å². The average molecular weight is 222 g/mol. The van der Waals surface area contributed by atoms with Crippen molar-refractivity contribution in [1.82, 2.24) is 19.9 Å². The van der Waals surface area contributed by atoms with E-state index in [0.717, 1.165) is 24.7 Å². The third-order valence-corrected chi connectivity index (χ3v) is 3.58. The Hall–Kier alpha value is -0.900. The lowest BCUT2D eigenvalue weighted by Crippen LogP contribution is -2.35. The number of aromatic nitrogens is 3. The van der Waals surface area contributed by atoms with Crippen LogP contribution in [0, 0.1) is 5.92 Å². The molecule has 16 heavy (non-hydrogen) atoms. The maximum absolute atomic E-state index is 4.15. The average Bonchev–Trinajstić information content (AvgIpc) is 2.78. The molecule has 0 atom stereocenters. The summed E-state index contributed by atoms with van der Waals surface area (Å²) in [6.45, 7) is 7.73. The summed E-state index contributed by atoms with van der Waals surface area (Å²) >= 11 is 0. The van der Waals surface area contributed by atoms with Crippen molar-refractivity contribution in [3.05, 3.63) is 11.9 Å². The first-order valence-corrected chi connectivity index (χ1v) is 6.43. The fraction of sp³-hybridized carbons (Fsp3) is 0.833. The second-order valence-corrected chi connectivity index (χ2v) is 4.71. The number of aryl methyl sites for hydroxylation is 1. The molecule has 2 heterocycles. The Balaban J connectivity index is 1.82. The van der Waals surface area contributed by atoms with Gasteiger partial charge in [-0.2, -0.15) is 0 Å². The Morgan fingerprint density at radius 3 is 2.62 bits per heavy atom. The zero-order valence-corrected chi connectivity index (χ0v) is 10.4. The van der Waals surface area contributed by atoms with Gasteiger partial charge >= 0.3 is 0 Å². The van der Waals surface area contributed by atoms with E-state index in [1.807, 2.05) is 4.68 Å². The van der Waals surface area contributed by atoms with Gasteiger partial charge in [-0.3, -0.25) is 4.90 Å². The second kappa shape index (κ2) is 5.43. The number of likely N-dealkylation sites (tertiary alicyclic amines) is 1. The van der Waals surface area contributed by atoms with Gasteiger partial charge in [0.1, 0.15) is 0 Å². The van der Waals surface area contributed by atoms with Crippen LogP contribution in [0.5, 0.6) is 0 Å². The van der Waals surface area contributed by atoms with Gasteiger partial charge < -0.3 is 0 Å². The molecule has 0 radical (unpaired) electrons. The Kier molecular flexibility index (Phi) is 3.93.